The van der Waals surface area contributed by atoms with Crippen LogP contribution in [0.5, 0.6) is 5.75 Å². The van der Waals surface area contributed by atoms with Crippen molar-refractivity contribution >= 4 is 27.3 Å². The van der Waals surface area contributed by atoms with Crippen LogP contribution in [0.3, 0.4) is 0 Å². The highest BCUT2D eigenvalue weighted by molar-refractivity contribution is 7.89. The van der Waals surface area contributed by atoms with Crippen molar-refractivity contribution in [3.63, 3.8) is 0 Å². The lowest BCUT2D eigenvalue weighted by Crippen LogP contribution is -2.50. The Hall–Kier alpha value is -2.18. The van der Waals surface area contributed by atoms with Crippen LogP contribution in [0, 0.1) is 0 Å². The second-order valence-electron chi connectivity index (χ2n) is 8.01. The third kappa shape index (κ3) is 5.85. The Bertz CT molecular complexity index is 1120. The molecule has 1 aromatic carbocycles. The summed E-state index contributed by atoms with van der Waals surface area (Å²) in [6, 6.07) is 6.67. The van der Waals surface area contributed by atoms with Crippen molar-refractivity contribution < 1.29 is 23.4 Å². The number of rotatable bonds is 9. The van der Waals surface area contributed by atoms with Gasteiger partial charge in [0.2, 0.25) is 15.8 Å². The highest BCUT2D eigenvalue weighted by Crippen LogP contribution is 2.27. The molecule has 1 aliphatic rings. The summed E-state index contributed by atoms with van der Waals surface area (Å²) >= 11 is 6.06. The number of halogens is 1. The van der Waals surface area contributed by atoms with E-state index in [-0.39, 0.29) is 31.9 Å². The molecule has 1 aliphatic heterocycles. The number of benzene rings is 1. The van der Waals surface area contributed by atoms with E-state index in [4.69, 9.17) is 21.4 Å². The molecule has 10 nitrogen and oxygen atoms in total. The van der Waals surface area contributed by atoms with Gasteiger partial charge in [0.25, 0.3) is 0 Å². The van der Waals surface area contributed by atoms with E-state index in [9.17, 15) is 18.3 Å². The monoisotopic (exact) mass is 500 g/mol. The average Bonchev–Trinajstić information content (AvgIpc) is 2.79. The van der Waals surface area contributed by atoms with Gasteiger partial charge in [-0.3, -0.25) is 4.79 Å². The zero-order valence-corrected chi connectivity index (χ0v) is 20.2. The Balaban J connectivity index is 1.90. The van der Waals surface area contributed by atoms with Crippen molar-refractivity contribution in [2.45, 2.75) is 31.6 Å². The van der Waals surface area contributed by atoms with E-state index >= 15 is 0 Å². The number of aliphatic hydroxyl groups excluding tert-OH is 2. The van der Waals surface area contributed by atoms with Gasteiger partial charge in [-0.1, -0.05) is 17.7 Å². The van der Waals surface area contributed by atoms with E-state index in [1.54, 1.807) is 38.1 Å². The van der Waals surface area contributed by atoms with Crippen molar-refractivity contribution in [1.29, 1.82) is 0 Å². The molecule has 0 unspecified atom stereocenters. The first-order valence-corrected chi connectivity index (χ1v) is 12.6. The van der Waals surface area contributed by atoms with E-state index in [0.717, 1.165) is 0 Å². The van der Waals surface area contributed by atoms with Gasteiger partial charge < -0.3 is 19.8 Å². The van der Waals surface area contributed by atoms with Gasteiger partial charge >= 0.3 is 5.56 Å². The second-order valence-corrected chi connectivity index (χ2v) is 10.9. The number of hydrogen-bond acceptors (Lipinski definition) is 8. The summed E-state index contributed by atoms with van der Waals surface area (Å²) in [5.41, 5.74) is 0.399. The Morgan fingerprint density at radius 1 is 1.21 bits per heavy atom. The molecule has 1 atom stereocenters. The fourth-order valence-electron chi connectivity index (χ4n) is 3.45. The van der Waals surface area contributed by atoms with Gasteiger partial charge in [-0.15, -0.1) is 0 Å². The summed E-state index contributed by atoms with van der Waals surface area (Å²) in [6.45, 7) is 4.17. The lowest BCUT2D eigenvalue weighted by molar-refractivity contribution is 0.0752. The Kier molecular flexibility index (Phi) is 8.35. The van der Waals surface area contributed by atoms with E-state index in [1.807, 2.05) is 4.90 Å². The molecule has 12 heteroatoms. The molecule has 1 fully saturated rings. The minimum absolute atomic E-state index is 0.00518. The van der Waals surface area contributed by atoms with E-state index in [2.05, 4.69) is 5.10 Å². The molecule has 1 aromatic heterocycles. The molecule has 33 heavy (non-hydrogen) atoms. The minimum Gasteiger partial charge on any atom is -0.486 e. The third-order valence-corrected chi connectivity index (χ3v) is 7.92. The zero-order chi connectivity index (χ0) is 24.2. The largest absolute Gasteiger partial charge is 0.486 e. The van der Waals surface area contributed by atoms with Crippen LogP contribution in [0.25, 0.3) is 5.69 Å². The first kappa shape index (κ1) is 25.4. The van der Waals surface area contributed by atoms with Crippen LogP contribution in [0.4, 0.5) is 5.69 Å². The molecular weight excluding hydrogens is 472 g/mol. The summed E-state index contributed by atoms with van der Waals surface area (Å²) in [7, 11) is -3.37. The molecule has 2 aromatic rings. The summed E-state index contributed by atoms with van der Waals surface area (Å²) in [4.78, 5) is 15.2. The van der Waals surface area contributed by atoms with Crippen LogP contribution in [0.1, 0.15) is 20.3 Å². The van der Waals surface area contributed by atoms with Crippen LogP contribution >= 0.6 is 11.6 Å². The van der Waals surface area contributed by atoms with Gasteiger partial charge in [0.15, 0.2) is 0 Å². The van der Waals surface area contributed by atoms with Crippen LogP contribution in [0.15, 0.2) is 35.3 Å². The van der Waals surface area contributed by atoms with E-state index in [1.165, 1.54) is 15.2 Å². The molecule has 2 heterocycles. The van der Waals surface area contributed by atoms with Crippen LogP contribution < -0.4 is 15.2 Å². The molecule has 3 rings (SSSR count). The summed E-state index contributed by atoms with van der Waals surface area (Å²) in [5.74, 6) is 0.0373. The molecular formula is C21H29ClN4O6S. The maximum Gasteiger partial charge on any atom is 0.316 e. The molecule has 0 saturated carbocycles. The molecule has 0 amide bonds. The van der Waals surface area contributed by atoms with Crippen molar-refractivity contribution in [1.82, 2.24) is 14.1 Å². The summed E-state index contributed by atoms with van der Waals surface area (Å²) < 4.78 is 33.3. The molecule has 0 bridgehead atoms. The van der Waals surface area contributed by atoms with Gasteiger partial charge in [-0.2, -0.15) is 14.1 Å². The average molecular weight is 501 g/mol. The minimum atomic E-state index is -3.37. The lowest BCUT2D eigenvalue weighted by atomic mass is 10.2. The first-order valence-electron chi connectivity index (χ1n) is 10.7. The number of anilines is 1. The normalized spacial score (nSPS) is 16.2. The van der Waals surface area contributed by atoms with Crippen LogP contribution in [0.2, 0.25) is 5.02 Å². The second kappa shape index (κ2) is 10.8. The number of piperazine rings is 1. The quantitative estimate of drug-likeness (QED) is 0.519. The fraction of sp³-hybridized carbons (Fsp3) is 0.524. The number of ether oxygens (including phenoxy) is 1. The maximum atomic E-state index is 13.3. The highest BCUT2D eigenvalue weighted by atomic mass is 35.5. The molecule has 0 radical (unpaired) electrons. The van der Waals surface area contributed by atoms with Gasteiger partial charge in [0, 0.05) is 37.6 Å². The predicted molar refractivity (Wildman–Crippen MR) is 126 cm³/mol. The molecule has 182 valence electrons. The highest BCUT2D eigenvalue weighted by Gasteiger charge is 2.31. The van der Waals surface area contributed by atoms with Crippen LogP contribution in [-0.4, -0.2) is 83.5 Å². The summed E-state index contributed by atoms with van der Waals surface area (Å²) in [5, 5.41) is 22.9. The first-order chi connectivity index (χ1) is 15.6. The van der Waals surface area contributed by atoms with Gasteiger partial charge in [0.1, 0.15) is 5.69 Å². The van der Waals surface area contributed by atoms with Gasteiger partial charge in [-0.25, -0.2) is 8.42 Å². The predicted octanol–water partition coefficient (Wildman–Crippen LogP) is 0.868. The fourth-order valence-corrected chi connectivity index (χ4v) is 4.90. The molecule has 2 N–H and O–H groups in total. The standard InChI is InChI=1S/C21H29ClN4O6S/c1-15(2)33(30,31)25-9-7-24(8-10-25)19-13-23-26(17-5-3-4-16(22)12-17)21(29)20(19)32-11-6-18(28)14-27/h3-5,12-13,15,18,27-28H,6-11,14H2,1-2H3/t18-/m1/s1. The van der Waals surface area contributed by atoms with Gasteiger partial charge in [-0.05, 0) is 32.0 Å². The summed E-state index contributed by atoms with van der Waals surface area (Å²) in [6.07, 6.45) is 0.678. The zero-order valence-electron chi connectivity index (χ0n) is 18.6. The smallest absolute Gasteiger partial charge is 0.316 e. The lowest BCUT2D eigenvalue weighted by Gasteiger charge is -2.36. The number of sulfonamides is 1. The number of aromatic nitrogens is 2. The van der Waals surface area contributed by atoms with Crippen molar-refractivity contribution in [3.05, 3.63) is 45.8 Å². The number of hydrogen-bond donors (Lipinski definition) is 2. The Morgan fingerprint density at radius 3 is 2.52 bits per heavy atom. The molecule has 1 saturated heterocycles. The van der Waals surface area contributed by atoms with E-state index < -0.39 is 33.5 Å². The van der Waals surface area contributed by atoms with E-state index in [0.29, 0.717) is 29.5 Å². The third-order valence-electron chi connectivity index (χ3n) is 5.41. The molecule has 0 aliphatic carbocycles. The van der Waals surface area contributed by atoms with Crippen molar-refractivity contribution in [2.24, 2.45) is 0 Å². The Morgan fingerprint density at radius 2 is 1.91 bits per heavy atom. The topological polar surface area (TPSA) is 125 Å². The number of nitrogens with zero attached hydrogens (tertiary/aromatic N) is 4. The van der Waals surface area contributed by atoms with Crippen molar-refractivity contribution in [2.75, 3.05) is 44.3 Å². The van der Waals surface area contributed by atoms with Crippen molar-refractivity contribution in [3.8, 4) is 11.4 Å². The maximum absolute atomic E-state index is 13.3. The molecule has 0 spiro atoms. The van der Waals surface area contributed by atoms with Crippen LogP contribution in [-0.2, 0) is 10.0 Å². The van der Waals surface area contributed by atoms with Gasteiger partial charge in [0.05, 0.1) is 36.5 Å². The SMILES string of the molecule is CC(C)S(=O)(=O)N1CCN(c2cnn(-c3cccc(Cl)c3)c(=O)c2OCC[C@@H](O)CO)CC1. The number of aliphatic hydroxyl groups is 2. The Labute approximate surface area is 198 Å².